The summed E-state index contributed by atoms with van der Waals surface area (Å²) in [6.45, 7) is 0.725. The van der Waals surface area contributed by atoms with Crippen LogP contribution in [0.2, 0.25) is 0 Å². The van der Waals surface area contributed by atoms with Crippen LogP contribution in [0.25, 0.3) is 0 Å². The molecular formula is C9H16N2O3. The molecule has 0 radical (unpaired) electrons. The van der Waals surface area contributed by atoms with E-state index in [1.54, 1.807) is 0 Å². The highest BCUT2D eigenvalue weighted by molar-refractivity contribution is 5.81. The number of piperidine rings is 1. The highest BCUT2D eigenvalue weighted by Crippen LogP contribution is 2.16. The monoisotopic (exact) mass is 200 g/mol. The number of carbonyl (C=O) groups excluding carboxylic acids is 2. The summed E-state index contributed by atoms with van der Waals surface area (Å²) in [5.74, 6) is -0.600. The number of esters is 1. The van der Waals surface area contributed by atoms with Gasteiger partial charge in [0, 0.05) is 12.5 Å². The van der Waals surface area contributed by atoms with E-state index >= 15 is 0 Å². The average molecular weight is 200 g/mol. The third-order valence-electron chi connectivity index (χ3n) is 2.44. The van der Waals surface area contributed by atoms with Gasteiger partial charge in [-0.3, -0.25) is 9.59 Å². The molecule has 1 rings (SSSR count). The Hall–Kier alpha value is -1.10. The van der Waals surface area contributed by atoms with Crippen molar-refractivity contribution >= 4 is 11.9 Å². The Balaban J connectivity index is 2.42. The van der Waals surface area contributed by atoms with Gasteiger partial charge in [0.1, 0.15) is 6.04 Å². The molecule has 1 saturated heterocycles. The van der Waals surface area contributed by atoms with Gasteiger partial charge in [-0.25, -0.2) is 0 Å². The van der Waals surface area contributed by atoms with Gasteiger partial charge in [0.05, 0.1) is 7.11 Å². The van der Waals surface area contributed by atoms with E-state index in [9.17, 15) is 9.59 Å². The number of rotatable bonds is 3. The minimum absolute atomic E-state index is 0.00407. The molecule has 0 bridgehead atoms. The van der Waals surface area contributed by atoms with Crippen molar-refractivity contribution in [1.82, 2.24) is 5.32 Å². The van der Waals surface area contributed by atoms with Crippen molar-refractivity contribution in [3.8, 4) is 0 Å². The predicted octanol–water partition coefficient (Wildman–Crippen LogP) is -0.597. The summed E-state index contributed by atoms with van der Waals surface area (Å²) in [7, 11) is 1.29. The molecule has 1 amide bonds. The van der Waals surface area contributed by atoms with E-state index in [1.165, 1.54) is 7.11 Å². The highest BCUT2D eigenvalue weighted by atomic mass is 16.5. The molecule has 0 saturated carbocycles. The normalized spacial score (nSPS) is 23.9. The van der Waals surface area contributed by atoms with Gasteiger partial charge < -0.3 is 15.8 Å². The molecule has 1 heterocycles. The van der Waals surface area contributed by atoms with E-state index in [4.69, 9.17) is 5.73 Å². The maximum absolute atomic E-state index is 11.3. The number of hydrogen-bond acceptors (Lipinski definition) is 4. The van der Waals surface area contributed by atoms with Crippen molar-refractivity contribution in [2.75, 3.05) is 13.7 Å². The van der Waals surface area contributed by atoms with E-state index in [1.807, 2.05) is 0 Å². The molecule has 0 aromatic carbocycles. The third-order valence-corrected chi connectivity index (χ3v) is 2.44. The molecule has 1 aliphatic rings. The van der Waals surface area contributed by atoms with Crippen molar-refractivity contribution in [2.24, 2.45) is 11.7 Å². The van der Waals surface area contributed by atoms with E-state index in [0.29, 0.717) is 6.42 Å². The van der Waals surface area contributed by atoms with Gasteiger partial charge in [-0.15, -0.1) is 0 Å². The second-order valence-corrected chi connectivity index (χ2v) is 3.50. The number of methoxy groups -OCH3 is 1. The number of nitrogens with one attached hydrogen (secondary N) is 1. The molecule has 3 N–H and O–H groups in total. The smallest absolute Gasteiger partial charge is 0.322 e. The summed E-state index contributed by atoms with van der Waals surface area (Å²) in [5.41, 5.74) is 5.57. The molecule has 80 valence electrons. The molecule has 1 unspecified atom stereocenters. The van der Waals surface area contributed by atoms with E-state index < -0.39 is 12.0 Å². The summed E-state index contributed by atoms with van der Waals surface area (Å²) in [4.78, 5) is 22.3. The molecular weight excluding hydrogens is 184 g/mol. The van der Waals surface area contributed by atoms with Crippen LogP contribution in [0.1, 0.15) is 19.3 Å². The Morgan fingerprint density at radius 2 is 2.50 bits per heavy atom. The molecule has 0 aromatic heterocycles. The standard InChI is InChI=1S/C9H16N2O3/c1-14-9(13)7(10)5-6-3-2-4-11-8(6)12/h6-7H,2-5,10H2,1H3,(H,11,12)/t6-,7?/m0/s1. The van der Waals surface area contributed by atoms with Crippen LogP contribution in [0.5, 0.6) is 0 Å². The van der Waals surface area contributed by atoms with Crippen molar-refractivity contribution in [3.63, 3.8) is 0 Å². The Morgan fingerprint density at radius 3 is 3.07 bits per heavy atom. The number of carbonyl (C=O) groups is 2. The number of hydrogen-bond donors (Lipinski definition) is 2. The van der Waals surface area contributed by atoms with Crippen LogP contribution in [0, 0.1) is 5.92 Å². The van der Waals surface area contributed by atoms with Gasteiger partial charge >= 0.3 is 5.97 Å². The first-order valence-electron chi connectivity index (χ1n) is 4.76. The lowest BCUT2D eigenvalue weighted by Gasteiger charge is -2.23. The van der Waals surface area contributed by atoms with Crippen LogP contribution < -0.4 is 11.1 Å². The molecule has 0 aliphatic carbocycles. The zero-order valence-electron chi connectivity index (χ0n) is 8.29. The molecule has 5 nitrogen and oxygen atoms in total. The minimum atomic E-state index is -0.686. The molecule has 1 aliphatic heterocycles. The fourth-order valence-corrected chi connectivity index (χ4v) is 1.61. The summed E-state index contributed by atoms with van der Waals surface area (Å²) >= 11 is 0. The first-order chi connectivity index (χ1) is 6.65. The second-order valence-electron chi connectivity index (χ2n) is 3.50. The molecule has 1 fully saturated rings. The molecule has 0 aromatic rings. The zero-order valence-corrected chi connectivity index (χ0v) is 8.29. The zero-order chi connectivity index (χ0) is 10.6. The van der Waals surface area contributed by atoms with Crippen molar-refractivity contribution in [3.05, 3.63) is 0 Å². The largest absolute Gasteiger partial charge is 0.468 e. The molecule has 2 atom stereocenters. The van der Waals surface area contributed by atoms with Gasteiger partial charge in [-0.2, -0.15) is 0 Å². The van der Waals surface area contributed by atoms with Gasteiger partial charge in [-0.1, -0.05) is 0 Å². The Bertz CT molecular complexity index is 230. The van der Waals surface area contributed by atoms with Crippen LogP contribution in [-0.4, -0.2) is 31.6 Å². The van der Waals surface area contributed by atoms with Crippen molar-refractivity contribution in [1.29, 1.82) is 0 Å². The number of amides is 1. The van der Waals surface area contributed by atoms with Crippen LogP contribution in [-0.2, 0) is 14.3 Å². The van der Waals surface area contributed by atoms with Gasteiger partial charge in [0.2, 0.25) is 5.91 Å². The van der Waals surface area contributed by atoms with E-state index in [-0.39, 0.29) is 11.8 Å². The maximum atomic E-state index is 11.3. The molecule has 5 heteroatoms. The maximum Gasteiger partial charge on any atom is 0.322 e. The first-order valence-corrected chi connectivity index (χ1v) is 4.76. The predicted molar refractivity (Wildman–Crippen MR) is 50.3 cm³/mol. The number of nitrogens with two attached hydrogens (primary N) is 1. The Morgan fingerprint density at radius 1 is 1.79 bits per heavy atom. The van der Waals surface area contributed by atoms with Gasteiger partial charge in [0.25, 0.3) is 0 Å². The van der Waals surface area contributed by atoms with Crippen LogP contribution in [0.4, 0.5) is 0 Å². The Kier molecular flexibility index (Phi) is 3.88. The lowest BCUT2D eigenvalue weighted by atomic mass is 9.92. The molecule has 14 heavy (non-hydrogen) atoms. The third kappa shape index (κ3) is 2.70. The summed E-state index contributed by atoms with van der Waals surface area (Å²) in [6, 6.07) is -0.686. The SMILES string of the molecule is COC(=O)C(N)C[C@@H]1CCCNC1=O. The van der Waals surface area contributed by atoms with Gasteiger partial charge in [0.15, 0.2) is 0 Å². The lowest BCUT2D eigenvalue weighted by molar-refractivity contribution is -0.142. The van der Waals surface area contributed by atoms with Crippen LogP contribution >= 0.6 is 0 Å². The first kappa shape index (κ1) is 11.0. The topological polar surface area (TPSA) is 81.4 Å². The van der Waals surface area contributed by atoms with Crippen molar-refractivity contribution in [2.45, 2.75) is 25.3 Å². The summed E-state index contributed by atoms with van der Waals surface area (Å²) in [5, 5.41) is 2.75. The second kappa shape index (κ2) is 4.95. The van der Waals surface area contributed by atoms with E-state index in [0.717, 1.165) is 19.4 Å². The number of ether oxygens (including phenoxy) is 1. The fourth-order valence-electron chi connectivity index (χ4n) is 1.61. The quantitative estimate of drug-likeness (QED) is 0.596. The van der Waals surface area contributed by atoms with Gasteiger partial charge in [-0.05, 0) is 19.3 Å². The lowest BCUT2D eigenvalue weighted by Crippen LogP contribution is -2.42. The Labute approximate surface area is 83.0 Å². The van der Waals surface area contributed by atoms with Crippen LogP contribution in [0.3, 0.4) is 0 Å². The average Bonchev–Trinajstić information content (AvgIpc) is 2.20. The van der Waals surface area contributed by atoms with E-state index in [2.05, 4.69) is 10.1 Å². The summed E-state index contributed by atoms with van der Waals surface area (Å²) < 4.78 is 4.49. The van der Waals surface area contributed by atoms with Crippen molar-refractivity contribution < 1.29 is 14.3 Å². The molecule has 0 spiro atoms. The fraction of sp³-hybridized carbons (Fsp3) is 0.778. The summed E-state index contributed by atoms with van der Waals surface area (Å²) in [6.07, 6.45) is 2.12. The highest BCUT2D eigenvalue weighted by Gasteiger charge is 2.27. The minimum Gasteiger partial charge on any atom is -0.468 e. The van der Waals surface area contributed by atoms with Crippen LogP contribution in [0.15, 0.2) is 0 Å².